The first-order chi connectivity index (χ1) is 13.6. The van der Waals surface area contributed by atoms with Gasteiger partial charge >= 0.3 is 0 Å². The number of ether oxygens (including phenoxy) is 1. The van der Waals surface area contributed by atoms with Crippen molar-refractivity contribution < 1.29 is 18.8 Å². The van der Waals surface area contributed by atoms with Crippen molar-refractivity contribution in [2.24, 2.45) is 0 Å². The lowest BCUT2D eigenvalue weighted by Gasteiger charge is -2.36. The molecule has 5 nitrogen and oxygen atoms in total. The predicted molar refractivity (Wildman–Crippen MR) is 108 cm³/mol. The third-order valence-corrected chi connectivity index (χ3v) is 5.30. The molecule has 0 unspecified atom stereocenters. The number of nitrogens with zero attached hydrogens (tertiary/aromatic N) is 1. The minimum Gasteiger partial charge on any atom is -0.492 e. The number of para-hydroxylation sites is 2. The van der Waals surface area contributed by atoms with Crippen molar-refractivity contribution in [1.82, 2.24) is 5.32 Å². The number of carbonyl (C=O) groups is 1. The molecule has 0 bridgehead atoms. The molecule has 2 aromatic carbocycles. The first-order valence-corrected chi connectivity index (χ1v) is 9.92. The van der Waals surface area contributed by atoms with Gasteiger partial charge in [0.05, 0.1) is 38.5 Å². The summed E-state index contributed by atoms with van der Waals surface area (Å²) < 4.78 is 18.7. The number of piperazine rings is 1. The highest BCUT2D eigenvalue weighted by atomic mass is 19.1. The number of carbonyl (C=O) groups excluding carboxylic acids is 1. The molecule has 1 saturated heterocycles. The molecule has 1 heterocycles. The van der Waals surface area contributed by atoms with Gasteiger partial charge in [0.25, 0.3) is 5.91 Å². The molecule has 1 fully saturated rings. The second-order valence-electron chi connectivity index (χ2n) is 7.11. The van der Waals surface area contributed by atoms with Crippen LogP contribution in [0.2, 0.25) is 0 Å². The van der Waals surface area contributed by atoms with Crippen LogP contribution in [0.25, 0.3) is 0 Å². The third-order valence-electron chi connectivity index (χ3n) is 5.30. The van der Waals surface area contributed by atoms with Gasteiger partial charge in [-0.15, -0.1) is 0 Å². The van der Waals surface area contributed by atoms with E-state index in [9.17, 15) is 9.18 Å². The van der Waals surface area contributed by atoms with Crippen LogP contribution in [0.4, 0.5) is 10.1 Å². The summed E-state index contributed by atoms with van der Waals surface area (Å²) in [4.78, 5) is 16.1. The van der Waals surface area contributed by atoms with E-state index in [-0.39, 0.29) is 17.8 Å². The predicted octanol–water partition coefficient (Wildman–Crippen LogP) is 1.63. The maximum absolute atomic E-state index is 13.0. The number of anilines is 1. The smallest absolute Gasteiger partial charge is 0.278 e. The molecular weight excluding hydrogens is 357 g/mol. The van der Waals surface area contributed by atoms with Gasteiger partial charge in [-0.1, -0.05) is 24.3 Å². The number of hydrogen-bond acceptors (Lipinski definition) is 3. The molecule has 150 valence electrons. The van der Waals surface area contributed by atoms with Crippen LogP contribution in [0, 0.1) is 5.82 Å². The number of amides is 1. The average molecular weight is 386 g/mol. The van der Waals surface area contributed by atoms with E-state index in [4.69, 9.17) is 4.74 Å². The van der Waals surface area contributed by atoms with Crippen LogP contribution in [-0.4, -0.2) is 44.7 Å². The normalized spacial score (nSPS) is 15.9. The molecule has 0 aromatic heterocycles. The zero-order chi connectivity index (χ0) is 19.9. The van der Waals surface area contributed by atoms with E-state index < -0.39 is 0 Å². The molecule has 3 rings (SSSR count). The number of halogens is 1. The van der Waals surface area contributed by atoms with Gasteiger partial charge in [0.1, 0.15) is 11.6 Å². The number of nitrogens with one attached hydrogen (secondary N) is 2. The summed E-state index contributed by atoms with van der Waals surface area (Å²) in [6.07, 6.45) is 0. The Kier molecular flexibility index (Phi) is 6.87. The Morgan fingerprint density at radius 3 is 2.54 bits per heavy atom. The molecule has 28 heavy (non-hydrogen) atoms. The van der Waals surface area contributed by atoms with Crippen molar-refractivity contribution in [2.45, 2.75) is 26.4 Å². The Labute approximate surface area is 166 Å². The van der Waals surface area contributed by atoms with Crippen molar-refractivity contribution in [3.8, 4) is 5.75 Å². The van der Waals surface area contributed by atoms with Crippen LogP contribution < -0.4 is 19.9 Å². The summed E-state index contributed by atoms with van der Waals surface area (Å²) in [5.41, 5.74) is 2.02. The first kappa shape index (κ1) is 20.1. The SMILES string of the molecule is CCOc1ccccc1N1CC[NH+]([C@H](C)C(=O)NCc2ccc(F)cc2)CC1. The summed E-state index contributed by atoms with van der Waals surface area (Å²) in [6.45, 7) is 8.59. The van der Waals surface area contributed by atoms with Crippen LogP contribution in [0.3, 0.4) is 0 Å². The minimum atomic E-state index is -0.267. The Morgan fingerprint density at radius 1 is 1.18 bits per heavy atom. The maximum atomic E-state index is 13.0. The molecule has 0 saturated carbocycles. The van der Waals surface area contributed by atoms with E-state index >= 15 is 0 Å². The number of hydrogen-bond donors (Lipinski definition) is 2. The second-order valence-corrected chi connectivity index (χ2v) is 7.11. The van der Waals surface area contributed by atoms with Crippen molar-refractivity contribution >= 4 is 11.6 Å². The quantitative estimate of drug-likeness (QED) is 0.761. The van der Waals surface area contributed by atoms with Crippen LogP contribution in [-0.2, 0) is 11.3 Å². The van der Waals surface area contributed by atoms with E-state index in [0.29, 0.717) is 13.2 Å². The van der Waals surface area contributed by atoms with Gasteiger partial charge in [0.2, 0.25) is 0 Å². The number of benzene rings is 2. The second kappa shape index (κ2) is 9.55. The number of quaternary nitrogens is 1. The maximum Gasteiger partial charge on any atom is 0.278 e. The van der Waals surface area contributed by atoms with Crippen molar-refractivity contribution in [3.05, 3.63) is 59.9 Å². The van der Waals surface area contributed by atoms with Gasteiger partial charge in [0.15, 0.2) is 6.04 Å². The highest BCUT2D eigenvalue weighted by Crippen LogP contribution is 2.27. The average Bonchev–Trinajstić information content (AvgIpc) is 2.73. The highest BCUT2D eigenvalue weighted by Gasteiger charge is 2.29. The summed E-state index contributed by atoms with van der Waals surface area (Å²) in [7, 11) is 0. The van der Waals surface area contributed by atoms with Gasteiger partial charge in [-0.05, 0) is 43.7 Å². The Bertz CT molecular complexity index is 774. The standard InChI is InChI=1S/C22H28FN3O2/c1-3-28-21-7-5-4-6-20(21)26-14-12-25(13-15-26)17(2)22(27)24-16-18-8-10-19(23)11-9-18/h4-11,17H,3,12-16H2,1-2H3,(H,24,27)/p+1/t17-/m1/s1. The molecule has 1 atom stereocenters. The molecule has 1 aliphatic rings. The lowest BCUT2D eigenvalue weighted by atomic mass is 10.1. The van der Waals surface area contributed by atoms with E-state index in [2.05, 4.69) is 16.3 Å². The Morgan fingerprint density at radius 2 is 1.86 bits per heavy atom. The monoisotopic (exact) mass is 386 g/mol. The molecule has 2 aromatic rings. The first-order valence-electron chi connectivity index (χ1n) is 9.92. The zero-order valence-electron chi connectivity index (χ0n) is 16.6. The van der Waals surface area contributed by atoms with E-state index in [1.807, 2.05) is 32.0 Å². The lowest BCUT2D eigenvalue weighted by molar-refractivity contribution is -0.914. The fraction of sp³-hybridized carbons (Fsp3) is 0.409. The van der Waals surface area contributed by atoms with Crippen molar-refractivity contribution in [1.29, 1.82) is 0 Å². The fourth-order valence-corrected chi connectivity index (χ4v) is 3.59. The zero-order valence-corrected chi connectivity index (χ0v) is 16.6. The summed E-state index contributed by atoms with van der Waals surface area (Å²) in [6, 6.07) is 14.2. The van der Waals surface area contributed by atoms with E-state index in [0.717, 1.165) is 43.2 Å². The van der Waals surface area contributed by atoms with E-state index in [1.165, 1.54) is 17.0 Å². The van der Waals surface area contributed by atoms with Gasteiger partial charge < -0.3 is 19.9 Å². The minimum absolute atomic E-state index is 0.0301. The number of rotatable bonds is 7. The van der Waals surface area contributed by atoms with E-state index in [1.54, 1.807) is 12.1 Å². The molecule has 0 spiro atoms. The van der Waals surface area contributed by atoms with Gasteiger partial charge in [-0.2, -0.15) is 0 Å². The van der Waals surface area contributed by atoms with Crippen molar-refractivity contribution in [3.63, 3.8) is 0 Å². The summed E-state index contributed by atoms with van der Waals surface area (Å²) in [5, 5.41) is 2.97. The third kappa shape index (κ3) is 5.01. The highest BCUT2D eigenvalue weighted by molar-refractivity contribution is 5.79. The largest absolute Gasteiger partial charge is 0.492 e. The molecule has 0 radical (unpaired) electrons. The topological polar surface area (TPSA) is 46.0 Å². The Balaban J connectivity index is 1.51. The van der Waals surface area contributed by atoms with Gasteiger partial charge in [-0.3, -0.25) is 4.79 Å². The molecular formula is C22H29FN3O2+. The van der Waals surface area contributed by atoms with Gasteiger partial charge in [0, 0.05) is 6.54 Å². The van der Waals surface area contributed by atoms with Crippen LogP contribution in [0.15, 0.2) is 48.5 Å². The lowest BCUT2D eigenvalue weighted by Crippen LogP contribution is -3.19. The molecule has 1 amide bonds. The van der Waals surface area contributed by atoms with Crippen LogP contribution in [0.5, 0.6) is 5.75 Å². The van der Waals surface area contributed by atoms with Crippen LogP contribution in [0.1, 0.15) is 19.4 Å². The fourth-order valence-electron chi connectivity index (χ4n) is 3.59. The molecule has 1 aliphatic heterocycles. The van der Waals surface area contributed by atoms with Gasteiger partial charge in [-0.25, -0.2) is 4.39 Å². The van der Waals surface area contributed by atoms with Crippen molar-refractivity contribution in [2.75, 3.05) is 37.7 Å². The molecule has 0 aliphatic carbocycles. The Hall–Kier alpha value is -2.60. The molecule has 2 N–H and O–H groups in total. The summed E-state index contributed by atoms with van der Waals surface area (Å²) in [5.74, 6) is 0.678. The van der Waals surface area contributed by atoms with Crippen LogP contribution >= 0.6 is 0 Å². The molecule has 6 heteroatoms. The summed E-state index contributed by atoms with van der Waals surface area (Å²) >= 11 is 0.